The molecule has 2 rings (SSSR count). The monoisotopic (exact) mass is 346 g/mol. The molecule has 0 atom stereocenters. The lowest BCUT2D eigenvalue weighted by atomic mass is 9.76. The second kappa shape index (κ2) is 12.7. The van der Waals surface area contributed by atoms with Crippen molar-refractivity contribution in [3.05, 3.63) is 24.8 Å². The number of hydrogen-bond acceptors (Lipinski definition) is 1. The van der Waals surface area contributed by atoms with Crippen molar-refractivity contribution in [1.82, 2.24) is 0 Å². The van der Waals surface area contributed by atoms with Gasteiger partial charge in [-0.25, -0.2) is 0 Å². The summed E-state index contributed by atoms with van der Waals surface area (Å²) in [6, 6.07) is 0. The van der Waals surface area contributed by atoms with E-state index in [9.17, 15) is 0 Å². The Labute approximate surface area is 157 Å². The van der Waals surface area contributed by atoms with E-state index >= 15 is 0 Å². The van der Waals surface area contributed by atoms with Gasteiger partial charge in [-0.05, 0) is 62.7 Å². The summed E-state index contributed by atoms with van der Waals surface area (Å²) in [7, 11) is 0. The van der Waals surface area contributed by atoms with Gasteiger partial charge >= 0.3 is 0 Å². The third kappa shape index (κ3) is 8.58. The molecule has 2 fully saturated rings. The van der Waals surface area contributed by atoms with Gasteiger partial charge in [-0.3, -0.25) is 0 Å². The Kier molecular flexibility index (Phi) is 10.6. The molecule has 2 saturated carbocycles. The van der Waals surface area contributed by atoms with Gasteiger partial charge in [0, 0.05) is 0 Å². The van der Waals surface area contributed by atoms with Crippen LogP contribution < -0.4 is 0 Å². The molecular weight excluding hydrogens is 304 g/mol. The summed E-state index contributed by atoms with van der Waals surface area (Å²) < 4.78 is 6.02. The van der Waals surface area contributed by atoms with E-state index in [1.165, 1.54) is 89.9 Å². The van der Waals surface area contributed by atoms with Crippen molar-refractivity contribution in [1.29, 1.82) is 0 Å². The van der Waals surface area contributed by atoms with Gasteiger partial charge in [0.2, 0.25) is 0 Å². The molecule has 0 amide bonds. The van der Waals surface area contributed by atoms with Crippen LogP contribution in [0.3, 0.4) is 0 Å². The Balaban J connectivity index is 1.50. The van der Waals surface area contributed by atoms with Gasteiger partial charge in [-0.1, -0.05) is 70.1 Å². The van der Waals surface area contributed by atoms with Gasteiger partial charge in [-0.15, -0.1) is 6.58 Å². The van der Waals surface area contributed by atoms with Crippen LogP contribution in [0.2, 0.25) is 0 Å². The van der Waals surface area contributed by atoms with Gasteiger partial charge in [-0.2, -0.15) is 0 Å². The first-order valence-electron chi connectivity index (χ1n) is 11.2. The smallest absolute Gasteiger partial charge is 0.0651 e. The van der Waals surface area contributed by atoms with E-state index < -0.39 is 0 Å². The predicted molar refractivity (Wildman–Crippen MR) is 110 cm³/mol. The Morgan fingerprint density at radius 2 is 1.32 bits per heavy atom. The zero-order valence-electron chi connectivity index (χ0n) is 16.8. The third-order valence-electron chi connectivity index (χ3n) is 6.57. The molecule has 144 valence electrons. The highest BCUT2D eigenvalue weighted by atomic mass is 16.5. The Morgan fingerprint density at radius 3 is 1.88 bits per heavy atom. The minimum Gasteiger partial charge on any atom is -0.374 e. The molecule has 0 aromatic heterocycles. The van der Waals surface area contributed by atoms with Crippen LogP contribution >= 0.6 is 0 Å². The minimum atomic E-state index is 0.530. The van der Waals surface area contributed by atoms with Gasteiger partial charge in [0.25, 0.3) is 0 Å². The largest absolute Gasteiger partial charge is 0.374 e. The molecule has 1 heteroatoms. The zero-order chi connectivity index (χ0) is 17.7. The van der Waals surface area contributed by atoms with Crippen molar-refractivity contribution in [2.45, 2.75) is 103 Å². The lowest BCUT2D eigenvalue weighted by Crippen LogP contribution is -2.22. The van der Waals surface area contributed by atoms with Crippen molar-refractivity contribution < 1.29 is 4.74 Å². The van der Waals surface area contributed by atoms with Gasteiger partial charge in [0.05, 0.1) is 12.7 Å². The summed E-state index contributed by atoms with van der Waals surface area (Å²) in [6.45, 7) is 6.91. The maximum atomic E-state index is 6.02. The Hall–Kier alpha value is -0.560. The normalized spacial score (nSPS) is 30.6. The molecule has 0 heterocycles. The molecule has 0 aliphatic heterocycles. The van der Waals surface area contributed by atoms with Crippen LogP contribution in [0.15, 0.2) is 24.8 Å². The standard InChI is InChI=1S/C24H42O/c1-3-5-7-8-20-25-24-18-16-23(17-19-24)15-14-22-12-10-21(11-13-22)9-6-4-2/h4,7-8,21-24H,2-3,5-6,9-20H2,1H3/b8-7+. The molecule has 0 saturated heterocycles. The van der Waals surface area contributed by atoms with Crippen LogP contribution in [0.1, 0.15) is 96.8 Å². The van der Waals surface area contributed by atoms with E-state index in [-0.39, 0.29) is 0 Å². The Bertz CT molecular complexity index is 356. The molecule has 0 aromatic rings. The summed E-state index contributed by atoms with van der Waals surface area (Å²) in [5, 5.41) is 0. The first-order chi connectivity index (χ1) is 12.3. The van der Waals surface area contributed by atoms with Crippen molar-refractivity contribution in [2.75, 3.05) is 6.61 Å². The number of rotatable bonds is 11. The van der Waals surface area contributed by atoms with Crippen LogP contribution in [0, 0.1) is 17.8 Å². The highest BCUT2D eigenvalue weighted by Gasteiger charge is 2.24. The van der Waals surface area contributed by atoms with E-state index in [1.807, 2.05) is 0 Å². The van der Waals surface area contributed by atoms with Gasteiger partial charge in [0.1, 0.15) is 0 Å². The molecule has 0 N–H and O–H groups in total. The first-order valence-corrected chi connectivity index (χ1v) is 11.2. The zero-order valence-corrected chi connectivity index (χ0v) is 16.8. The van der Waals surface area contributed by atoms with Crippen molar-refractivity contribution >= 4 is 0 Å². The second-order valence-electron chi connectivity index (χ2n) is 8.57. The summed E-state index contributed by atoms with van der Waals surface area (Å²) in [4.78, 5) is 0. The maximum Gasteiger partial charge on any atom is 0.0651 e. The van der Waals surface area contributed by atoms with E-state index in [2.05, 4.69) is 31.7 Å². The van der Waals surface area contributed by atoms with Crippen LogP contribution in [0.5, 0.6) is 0 Å². The van der Waals surface area contributed by atoms with Crippen molar-refractivity contribution in [3.63, 3.8) is 0 Å². The highest BCUT2D eigenvalue weighted by molar-refractivity contribution is 4.82. The van der Waals surface area contributed by atoms with Gasteiger partial charge in [0.15, 0.2) is 0 Å². The highest BCUT2D eigenvalue weighted by Crippen LogP contribution is 2.37. The molecule has 1 nitrogen and oxygen atoms in total. The molecule has 0 radical (unpaired) electrons. The molecule has 0 bridgehead atoms. The van der Waals surface area contributed by atoms with Crippen LogP contribution in [-0.4, -0.2) is 12.7 Å². The SMILES string of the molecule is C=CCCC1CCC(CCC2CCC(OC/C=C/CCC)CC2)CC1. The summed E-state index contributed by atoms with van der Waals surface area (Å²) in [6.07, 6.45) is 26.4. The average Bonchev–Trinajstić information content (AvgIpc) is 2.66. The maximum absolute atomic E-state index is 6.02. The fourth-order valence-corrected chi connectivity index (χ4v) is 4.77. The fraction of sp³-hybridized carbons (Fsp3) is 0.833. The van der Waals surface area contributed by atoms with E-state index in [0.717, 1.165) is 24.4 Å². The topological polar surface area (TPSA) is 9.23 Å². The quantitative estimate of drug-likeness (QED) is 0.352. The molecule has 25 heavy (non-hydrogen) atoms. The van der Waals surface area contributed by atoms with E-state index in [1.54, 1.807) is 0 Å². The van der Waals surface area contributed by atoms with Gasteiger partial charge < -0.3 is 4.74 Å². The summed E-state index contributed by atoms with van der Waals surface area (Å²) >= 11 is 0. The minimum absolute atomic E-state index is 0.530. The van der Waals surface area contributed by atoms with Crippen LogP contribution in [0.25, 0.3) is 0 Å². The predicted octanol–water partition coefficient (Wildman–Crippen LogP) is 7.47. The number of unbranched alkanes of at least 4 members (excludes halogenated alkanes) is 1. The summed E-state index contributed by atoms with van der Waals surface area (Å²) in [5.74, 6) is 3.00. The molecule has 2 aliphatic rings. The van der Waals surface area contributed by atoms with Crippen LogP contribution in [-0.2, 0) is 4.74 Å². The lowest BCUT2D eigenvalue weighted by molar-refractivity contribution is 0.0324. The molecule has 0 unspecified atom stereocenters. The van der Waals surface area contributed by atoms with E-state index in [0.29, 0.717) is 6.10 Å². The lowest BCUT2D eigenvalue weighted by Gasteiger charge is -2.32. The fourth-order valence-electron chi connectivity index (χ4n) is 4.77. The average molecular weight is 347 g/mol. The molecule has 0 aromatic carbocycles. The second-order valence-corrected chi connectivity index (χ2v) is 8.57. The van der Waals surface area contributed by atoms with Crippen molar-refractivity contribution in [2.24, 2.45) is 17.8 Å². The van der Waals surface area contributed by atoms with Crippen molar-refractivity contribution in [3.8, 4) is 0 Å². The number of ether oxygens (including phenoxy) is 1. The first kappa shape index (κ1) is 20.7. The molecular formula is C24H42O. The van der Waals surface area contributed by atoms with Crippen LogP contribution in [0.4, 0.5) is 0 Å². The summed E-state index contributed by atoms with van der Waals surface area (Å²) in [5.41, 5.74) is 0. The Morgan fingerprint density at radius 1 is 0.760 bits per heavy atom. The molecule has 0 spiro atoms. The molecule has 2 aliphatic carbocycles. The third-order valence-corrected chi connectivity index (χ3v) is 6.57. The van der Waals surface area contributed by atoms with E-state index in [4.69, 9.17) is 4.74 Å². The number of allylic oxidation sites excluding steroid dienone is 2. The number of hydrogen-bond donors (Lipinski definition) is 0.